The molecule has 0 aromatic rings. The number of piperidine rings is 2. The van der Waals surface area contributed by atoms with E-state index in [0.29, 0.717) is 38.6 Å². The fourth-order valence-corrected chi connectivity index (χ4v) is 2.60. The van der Waals surface area contributed by atoms with Gasteiger partial charge < -0.3 is 20.7 Å². The smallest absolute Gasteiger partial charge is 0.224 e. The van der Waals surface area contributed by atoms with Crippen LogP contribution in [-0.2, 0) is 14.3 Å². The van der Waals surface area contributed by atoms with Crippen LogP contribution >= 0.6 is 0 Å². The third-order valence-electron chi connectivity index (χ3n) is 3.90. The summed E-state index contributed by atoms with van der Waals surface area (Å²) in [4.78, 5) is 22.9. The lowest BCUT2D eigenvalue weighted by molar-refractivity contribution is -0.128. The lowest BCUT2D eigenvalue weighted by Crippen LogP contribution is -2.43. The van der Waals surface area contributed by atoms with Gasteiger partial charge in [0.1, 0.15) is 0 Å². The van der Waals surface area contributed by atoms with Gasteiger partial charge in [-0.15, -0.1) is 0 Å². The topological polar surface area (TPSA) is 79.5 Å². The molecular weight excluding hydrogens is 258 g/mol. The molecule has 114 valence electrons. The first-order valence-corrected chi connectivity index (χ1v) is 7.62. The van der Waals surface area contributed by atoms with Gasteiger partial charge in [0.25, 0.3) is 0 Å². The van der Waals surface area contributed by atoms with Crippen molar-refractivity contribution in [2.75, 3.05) is 32.8 Å². The summed E-state index contributed by atoms with van der Waals surface area (Å²) in [6.45, 7) is 3.89. The zero-order valence-corrected chi connectivity index (χ0v) is 12.0. The van der Waals surface area contributed by atoms with Gasteiger partial charge in [-0.2, -0.15) is 0 Å². The molecule has 2 aliphatic heterocycles. The predicted octanol–water partition coefficient (Wildman–Crippen LogP) is -0.212. The highest BCUT2D eigenvalue weighted by molar-refractivity contribution is 5.83. The van der Waals surface area contributed by atoms with Gasteiger partial charge in [0, 0.05) is 26.1 Å². The van der Waals surface area contributed by atoms with E-state index in [0.717, 1.165) is 32.4 Å². The van der Waals surface area contributed by atoms with E-state index in [9.17, 15) is 9.59 Å². The molecule has 2 saturated heterocycles. The summed E-state index contributed by atoms with van der Waals surface area (Å²) >= 11 is 0. The lowest BCUT2D eigenvalue weighted by Gasteiger charge is -2.23. The largest absolute Gasteiger partial charge is 0.378 e. The third kappa shape index (κ3) is 5.09. The van der Waals surface area contributed by atoms with E-state index in [1.54, 1.807) is 0 Å². The summed E-state index contributed by atoms with van der Waals surface area (Å²) in [6.07, 6.45) is 4.48. The zero-order chi connectivity index (χ0) is 14.2. The first kappa shape index (κ1) is 15.3. The molecule has 0 aliphatic carbocycles. The van der Waals surface area contributed by atoms with Crippen LogP contribution in [-0.4, -0.2) is 50.7 Å². The summed E-state index contributed by atoms with van der Waals surface area (Å²) < 4.78 is 5.78. The molecule has 0 aromatic carbocycles. The molecule has 2 amide bonds. The predicted molar refractivity (Wildman–Crippen MR) is 75.2 cm³/mol. The van der Waals surface area contributed by atoms with Crippen LogP contribution in [0.4, 0.5) is 0 Å². The number of rotatable bonds is 6. The number of hydrogen-bond donors (Lipinski definition) is 3. The van der Waals surface area contributed by atoms with E-state index in [1.165, 1.54) is 0 Å². The zero-order valence-electron chi connectivity index (χ0n) is 12.0. The second-order valence-corrected chi connectivity index (χ2v) is 5.50. The molecule has 2 rings (SSSR count). The van der Waals surface area contributed by atoms with E-state index in [4.69, 9.17) is 4.74 Å². The Morgan fingerprint density at radius 1 is 1.30 bits per heavy atom. The molecular formula is C14H25N3O3. The SMILES string of the molecule is O=C1CCC(C(=O)NCCCOC2CCNCC2)CN1. The standard InChI is InChI=1S/C14H25N3O3/c18-13-3-2-11(10-17-13)14(19)16-6-1-9-20-12-4-7-15-8-5-12/h11-12,15H,1-10H2,(H,16,19)(H,17,18). The fraction of sp³-hybridized carbons (Fsp3) is 0.857. The van der Waals surface area contributed by atoms with Gasteiger partial charge in [-0.25, -0.2) is 0 Å². The molecule has 6 nitrogen and oxygen atoms in total. The van der Waals surface area contributed by atoms with E-state index in [-0.39, 0.29) is 17.7 Å². The molecule has 3 N–H and O–H groups in total. The highest BCUT2D eigenvalue weighted by atomic mass is 16.5. The van der Waals surface area contributed by atoms with Crippen LogP contribution in [0, 0.1) is 5.92 Å². The van der Waals surface area contributed by atoms with Gasteiger partial charge in [-0.05, 0) is 38.8 Å². The first-order valence-electron chi connectivity index (χ1n) is 7.62. The minimum Gasteiger partial charge on any atom is -0.378 e. The van der Waals surface area contributed by atoms with Crippen molar-refractivity contribution in [3.63, 3.8) is 0 Å². The minimum absolute atomic E-state index is 0.0458. The third-order valence-corrected chi connectivity index (χ3v) is 3.90. The number of nitrogens with one attached hydrogen (secondary N) is 3. The van der Waals surface area contributed by atoms with Crippen molar-refractivity contribution < 1.29 is 14.3 Å². The van der Waals surface area contributed by atoms with Crippen molar-refractivity contribution in [1.82, 2.24) is 16.0 Å². The molecule has 2 heterocycles. The summed E-state index contributed by atoms with van der Waals surface area (Å²) in [5.74, 6) is 0.0225. The van der Waals surface area contributed by atoms with Crippen LogP contribution in [0.5, 0.6) is 0 Å². The Morgan fingerprint density at radius 2 is 2.10 bits per heavy atom. The Morgan fingerprint density at radius 3 is 2.80 bits per heavy atom. The molecule has 0 aromatic heterocycles. The summed E-state index contributed by atoms with van der Waals surface area (Å²) in [7, 11) is 0. The van der Waals surface area contributed by atoms with Gasteiger partial charge in [0.05, 0.1) is 12.0 Å². The molecule has 6 heteroatoms. The molecule has 0 spiro atoms. The number of ether oxygens (including phenoxy) is 1. The Labute approximate surface area is 120 Å². The van der Waals surface area contributed by atoms with Crippen LogP contribution in [0.15, 0.2) is 0 Å². The van der Waals surface area contributed by atoms with Crippen molar-refractivity contribution in [1.29, 1.82) is 0 Å². The average molecular weight is 283 g/mol. The molecule has 2 aliphatic rings. The summed E-state index contributed by atoms with van der Waals surface area (Å²) in [5.41, 5.74) is 0. The van der Waals surface area contributed by atoms with Crippen LogP contribution in [0.2, 0.25) is 0 Å². The van der Waals surface area contributed by atoms with E-state index < -0.39 is 0 Å². The Bertz CT molecular complexity index is 320. The number of amides is 2. The molecule has 1 atom stereocenters. The van der Waals surface area contributed by atoms with E-state index >= 15 is 0 Å². The highest BCUT2D eigenvalue weighted by Crippen LogP contribution is 2.10. The first-order chi connectivity index (χ1) is 9.75. The lowest BCUT2D eigenvalue weighted by atomic mass is 9.98. The van der Waals surface area contributed by atoms with Crippen molar-refractivity contribution in [3.05, 3.63) is 0 Å². The maximum absolute atomic E-state index is 11.9. The highest BCUT2D eigenvalue weighted by Gasteiger charge is 2.23. The maximum Gasteiger partial charge on any atom is 0.224 e. The normalized spacial score (nSPS) is 24.2. The molecule has 0 saturated carbocycles. The second kappa shape index (κ2) is 8.21. The minimum atomic E-state index is -0.0713. The maximum atomic E-state index is 11.9. The van der Waals surface area contributed by atoms with Crippen LogP contribution in [0.1, 0.15) is 32.1 Å². The summed E-state index contributed by atoms with van der Waals surface area (Å²) in [6, 6.07) is 0. The average Bonchev–Trinajstić information content (AvgIpc) is 2.48. The van der Waals surface area contributed by atoms with Crippen molar-refractivity contribution in [2.45, 2.75) is 38.2 Å². The summed E-state index contributed by atoms with van der Waals surface area (Å²) in [5, 5.41) is 8.95. The second-order valence-electron chi connectivity index (χ2n) is 5.50. The molecule has 0 bridgehead atoms. The number of carbonyl (C=O) groups excluding carboxylic acids is 2. The Balaban J connectivity index is 1.50. The van der Waals surface area contributed by atoms with Gasteiger partial charge >= 0.3 is 0 Å². The Hall–Kier alpha value is -1.14. The van der Waals surface area contributed by atoms with Crippen molar-refractivity contribution in [2.24, 2.45) is 5.92 Å². The van der Waals surface area contributed by atoms with Crippen molar-refractivity contribution in [3.8, 4) is 0 Å². The van der Waals surface area contributed by atoms with Crippen LogP contribution in [0.25, 0.3) is 0 Å². The van der Waals surface area contributed by atoms with E-state index in [2.05, 4.69) is 16.0 Å². The molecule has 0 radical (unpaired) electrons. The Kier molecular flexibility index (Phi) is 6.26. The van der Waals surface area contributed by atoms with Gasteiger partial charge in [0.15, 0.2) is 0 Å². The van der Waals surface area contributed by atoms with Gasteiger partial charge in [-0.1, -0.05) is 0 Å². The molecule has 2 fully saturated rings. The van der Waals surface area contributed by atoms with Crippen LogP contribution < -0.4 is 16.0 Å². The number of hydrogen-bond acceptors (Lipinski definition) is 4. The molecule has 1 unspecified atom stereocenters. The van der Waals surface area contributed by atoms with Gasteiger partial charge in [-0.3, -0.25) is 9.59 Å². The van der Waals surface area contributed by atoms with Gasteiger partial charge in [0.2, 0.25) is 11.8 Å². The van der Waals surface area contributed by atoms with Crippen molar-refractivity contribution >= 4 is 11.8 Å². The quantitative estimate of drug-likeness (QED) is 0.589. The van der Waals surface area contributed by atoms with E-state index in [1.807, 2.05) is 0 Å². The fourth-order valence-electron chi connectivity index (χ4n) is 2.60. The number of carbonyl (C=O) groups is 2. The van der Waals surface area contributed by atoms with Crippen LogP contribution in [0.3, 0.4) is 0 Å². The monoisotopic (exact) mass is 283 g/mol. The molecule has 20 heavy (non-hydrogen) atoms.